The highest BCUT2D eigenvalue weighted by Crippen LogP contribution is 2.27. The third-order valence-corrected chi connectivity index (χ3v) is 2.38. The zero-order chi connectivity index (χ0) is 14.5. The predicted octanol–water partition coefficient (Wildman–Crippen LogP) is 1.06. The van der Waals surface area contributed by atoms with E-state index in [-0.39, 0.29) is 5.56 Å². The number of carbonyl (C=O) groups excluding carboxylic acids is 1. The molecule has 19 heavy (non-hydrogen) atoms. The molecule has 0 radical (unpaired) electrons. The standard InChI is InChI=1S/C12H15F2NO4/c1-18-9-4-3-8(5-10(9)19-2)11(17)15-6-12(13,14)7-16/h3-5,16H,6-7H2,1-2H3,(H,15,17). The first-order valence-corrected chi connectivity index (χ1v) is 5.42. The molecule has 0 aliphatic rings. The number of nitrogens with one attached hydrogen (secondary N) is 1. The highest BCUT2D eigenvalue weighted by atomic mass is 19.3. The Kier molecular flexibility index (Phi) is 5.05. The molecule has 1 aromatic carbocycles. The zero-order valence-corrected chi connectivity index (χ0v) is 10.6. The number of methoxy groups -OCH3 is 2. The highest BCUT2D eigenvalue weighted by molar-refractivity contribution is 5.94. The van der Waals surface area contributed by atoms with Gasteiger partial charge in [0, 0.05) is 5.56 Å². The van der Waals surface area contributed by atoms with Crippen LogP contribution in [0, 0.1) is 0 Å². The van der Waals surface area contributed by atoms with Crippen LogP contribution in [-0.2, 0) is 0 Å². The summed E-state index contributed by atoms with van der Waals surface area (Å²) in [6, 6.07) is 4.30. The smallest absolute Gasteiger partial charge is 0.287 e. The van der Waals surface area contributed by atoms with Gasteiger partial charge in [-0.2, -0.15) is 0 Å². The van der Waals surface area contributed by atoms with Crippen LogP contribution in [0.15, 0.2) is 18.2 Å². The number of aliphatic hydroxyl groups excluding tert-OH is 1. The van der Waals surface area contributed by atoms with Crippen molar-refractivity contribution in [2.45, 2.75) is 5.92 Å². The van der Waals surface area contributed by atoms with Gasteiger partial charge in [-0.3, -0.25) is 4.79 Å². The Morgan fingerprint density at radius 3 is 2.47 bits per heavy atom. The molecule has 7 heteroatoms. The zero-order valence-electron chi connectivity index (χ0n) is 10.6. The van der Waals surface area contributed by atoms with Gasteiger partial charge in [0.2, 0.25) is 0 Å². The van der Waals surface area contributed by atoms with Crippen molar-refractivity contribution in [2.75, 3.05) is 27.4 Å². The molecule has 0 saturated heterocycles. The summed E-state index contributed by atoms with van der Waals surface area (Å²) in [6.07, 6.45) is 0. The van der Waals surface area contributed by atoms with Gasteiger partial charge in [0.05, 0.1) is 20.8 Å². The van der Waals surface area contributed by atoms with Crippen molar-refractivity contribution < 1.29 is 28.2 Å². The van der Waals surface area contributed by atoms with Crippen LogP contribution in [0.25, 0.3) is 0 Å². The van der Waals surface area contributed by atoms with Crippen LogP contribution >= 0.6 is 0 Å². The quantitative estimate of drug-likeness (QED) is 0.814. The van der Waals surface area contributed by atoms with E-state index >= 15 is 0 Å². The van der Waals surface area contributed by atoms with Gasteiger partial charge in [-0.15, -0.1) is 0 Å². The summed E-state index contributed by atoms with van der Waals surface area (Å²) in [6.45, 7) is -2.25. The molecule has 2 N–H and O–H groups in total. The number of amides is 1. The van der Waals surface area contributed by atoms with Crippen molar-refractivity contribution in [2.24, 2.45) is 0 Å². The lowest BCUT2D eigenvalue weighted by molar-refractivity contribution is -0.0462. The molecule has 0 heterocycles. The fourth-order valence-corrected chi connectivity index (χ4v) is 1.35. The van der Waals surface area contributed by atoms with Crippen molar-refractivity contribution in [3.63, 3.8) is 0 Å². The van der Waals surface area contributed by atoms with Crippen molar-refractivity contribution in [1.29, 1.82) is 0 Å². The first kappa shape index (κ1) is 15.2. The minimum Gasteiger partial charge on any atom is -0.493 e. The minimum atomic E-state index is -3.34. The maximum Gasteiger partial charge on any atom is 0.287 e. The van der Waals surface area contributed by atoms with E-state index in [0.717, 1.165) is 0 Å². The van der Waals surface area contributed by atoms with E-state index < -0.39 is 25.0 Å². The molecule has 1 rings (SSSR count). The fraction of sp³-hybridized carbons (Fsp3) is 0.417. The number of ether oxygens (including phenoxy) is 2. The Morgan fingerprint density at radius 2 is 1.95 bits per heavy atom. The molecular formula is C12H15F2NO4. The summed E-state index contributed by atoms with van der Waals surface area (Å²) in [7, 11) is 2.85. The van der Waals surface area contributed by atoms with E-state index in [0.29, 0.717) is 11.5 Å². The van der Waals surface area contributed by atoms with Gasteiger partial charge in [0.25, 0.3) is 11.8 Å². The van der Waals surface area contributed by atoms with Crippen LogP contribution in [0.2, 0.25) is 0 Å². The molecule has 0 aliphatic heterocycles. The molecule has 0 fully saturated rings. The lowest BCUT2D eigenvalue weighted by Gasteiger charge is -2.14. The lowest BCUT2D eigenvalue weighted by atomic mass is 10.2. The van der Waals surface area contributed by atoms with Gasteiger partial charge < -0.3 is 19.9 Å². The second-order valence-electron chi connectivity index (χ2n) is 3.77. The van der Waals surface area contributed by atoms with Crippen molar-refractivity contribution in [3.05, 3.63) is 23.8 Å². The average molecular weight is 275 g/mol. The maximum atomic E-state index is 12.8. The van der Waals surface area contributed by atoms with Crippen LogP contribution in [-0.4, -0.2) is 44.3 Å². The normalized spacial score (nSPS) is 11.0. The number of halogens is 2. The summed E-state index contributed by atoms with van der Waals surface area (Å²) in [5, 5.41) is 10.4. The highest BCUT2D eigenvalue weighted by Gasteiger charge is 2.28. The van der Waals surface area contributed by atoms with Crippen molar-refractivity contribution in [3.8, 4) is 11.5 Å². The SMILES string of the molecule is COc1ccc(C(=O)NCC(F)(F)CO)cc1OC. The van der Waals surface area contributed by atoms with Crippen molar-refractivity contribution >= 4 is 5.91 Å². The van der Waals surface area contributed by atoms with Crippen LogP contribution in [0.4, 0.5) is 8.78 Å². The van der Waals surface area contributed by atoms with E-state index in [2.05, 4.69) is 0 Å². The molecule has 106 valence electrons. The first-order valence-electron chi connectivity index (χ1n) is 5.42. The third-order valence-electron chi connectivity index (χ3n) is 2.38. The minimum absolute atomic E-state index is 0.159. The molecule has 0 spiro atoms. The van der Waals surface area contributed by atoms with Gasteiger partial charge >= 0.3 is 0 Å². The Balaban J connectivity index is 2.78. The monoisotopic (exact) mass is 275 g/mol. The summed E-state index contributed by atoms with van der Waals surface area (Å²) >= 11 is 0. The Hall–Kier alpha value is -1.89. The van der Waals surface area contributed by atoms with E-state index in [1.807, 2.05) is 5.32 Å². The second kappa shape index (κ2) is 6.33. The summed E-state index contributed by atoms with van der Waals surface area (Å²) < 4.78 is 35.6. The van der Waals surface area contributed by atoms with E-state index in [1.165, 1.54) is 32.4 Å². The van der Waals surface area contributed by atoms with E-state index in [9.17, 15) is 13.6 Å². The van der Waals surface area contributed by atoms with Crippen LogP contribution in [0.5, 0.6) is 11.5 Å². The van der Waals surface area contributed by atoms with Crippen molar-refractivity contribution in [1.82, 2.24) is 5.32 Å². The lowest BCUT2D eigenvalue weighted by Crippen LogP contribution is -2.38. The van der Waals surface area contributed by atoms with Gasteiger partial charge in [0.15, 0.2) is 11.5 Å². The molecule has 0 unspecified atom stereocenters. The number of rotatable bonds is 6. The van der Waals surface area contributed by atoms with Gasteiger partial charge in [-0.25, -0.2) is 8.78 Å². The largest absolute Gasteiger partial charge is 0.493 e. The number of carbonyl (C=O) groups is 1. The van der Waals surface area contributed by atoms with Gasteiger partial charge in [0.1, 0.15) is 6.61 Å². The first-order chi connectivity index (χ1) is 8.93. The topological polar surface area (TPSA) is 67.8 Å². The molecule has 0 bridgehead atoms. The number of aliphatic hydroxyl groups is 1. The number of benzene rings is 1. The average Bonchev–Trinajstić information content (AvgIpc) is 2.44. The third kappa shape index (κ3) is 4.06. The fourth-order valence-electron chi connectivity index (χ4n) is 1.35. The van der Waals surface area contributed by atoms with Gasteiger partial charge in [-0.1, -0.05) is 0 Å². The van der Waals surface area contributed by atoms with Crippen LogP contribution in [0.3, 0.4) is 0 Å². The molecule has 5 nitrogen and oxygen atoms in total. The molecule has 0 aliphatic carbocycles. The molecule has 0 aromatic heterocycles. The summed E-state index contributed by atoms with van der Waals surface area (Å²) in [5.41, 5.74) is 0.159. The second-order valence-corrected chi connectivity index (χ2v) is 3.77. The molecular weight excluding hydrogens is 260 g/mol. The predicted molar refractivity (Wildman–Crippen MR) is 63.9 cm³/mol. The number of hydrogen-bond donors (Lipinski definition) is 2. The summed E-state index contributed by atoms with van der Waals surface area (Å²) in [5.74, 6) is -3.27. The molecule has 0 saturated carbocycles. The van der Waals surface area contributed by atoms with Crippen LogP contribution < -0.4 is 14.8 Å². The van der Waals surface area contributed by atoms with Gasteiger partial charge in [-0.05, 0) is 18.2 Å². The number of alkyl halides is 2. The van der Waals surface area contributed by atoms with Crippen LogP contribution in [0.1, 0.15) is 10.4 Å². The Bertz CT molecular complexity index is 451. The molecule has 1 aromatic rings. The molecule has 1 amide bonds. The number of hydrogen-bond acceptors (Lipinski definition) is 4. The summed E-state index contributed by atoms with van der Waals surface area (Å²) in [4.78, 5) is 11.7. The Morgan fingerprint density at radius 1 is 1.32 bits per heavy atom. The van der Waals surface area contributed by atoms with E-state index in [4.69, 9.17) is 14.6 Å². The maximum absolute atomic E-state index is 12.8. The molecule has 0 atom stereocenters. The van der Waals surface area contributed by atoms with E-state index in [1.54, 1.807) is 0 Å². The Labute approximate surface area is 109 Å².